The average Bonchev–Trinajstić information content (AvgIpc) is 1.65. The van der Waals surface area contributed by atoms with E-state index in [9.17, 15) is 0 Å². The van der Waals surface area contributed by atoms with Crippen LogP contribution >= 0.6 is 23.1 Å². The molecule has 13 aromatic rings. The van der Waals surface area contributed by atoms with Gasteiger partial charge in [-0.1, -0.05) is 213 Å². The molecule has 88 heavy (non-hydrogen) atoms. The molecule has 4 nitrogen and oxygen atoms in total. The Morgan fingerprint density at radius 3 is 0.909 bits per heavy atom. The fraction of sp³-hybridized carbons (Fsp3) is 0.146. The number of hydrogen-bond donors (Lipinski definition) is 0. The Bertz CT molecular complexity index is 4840. The van der Waals surface area contributed by atoms with Gasteiger partial charge in [0.2, 0.25) is 0 Å². The lowest BCUT2D eigenvalue weighted by Crippen LogP contribution is -2.18. The Morgan fingerprint density at radius 2 is 0.534 bits per heavy atom. The predicted molar refractivity (Wildman–Crippen MR) is 371 cm³/mol. The molecule has 0 amide bonds. The zero-order chi connectivity index (χ0) is 59.6. The summed E-state index contributed by atoms with van der Waals surface area (Å²) in [5.74, 6) is 0. The minimum atomic E-state index is -0.135. The maximum Gasteiger partial charge on any atom is 0.114 e. The second kappa shape index (κ2) is 19.0. The van der Waals surface area contributed by atoms with Crippen LogP contribution in [0.25, 0.3) is 87.5 Å². The molecular formula is C82H64N4S2. The van der Waals surface area contributed by atoms with Crippen molar-refractivity contribution in [3.63, 3.8) is 0 Å². The summed E-state index contributed by atoms with van der Waals surface area (Å²) in [4.78, 5) is 7.28. The van der Waals surface area contributed by atoms with Gasteiger partial charge in [0.25, 0.3) is 0 Å². The number of rotatable bonds is 9. The Morgan fingerprint density at radius 1 is 0.250 bits per heavy atom. The highest BCUT2D eigenvalue weighted by molar-refractivity contribution is 7.19. The van der Waals surface area contributed by atoms with Crippen molar-refractivity contribution >= 4 is 68.2 Å². The lowest BCUT2D eigenvalue weighted by molar-refractivity contribution is 0.659. The first-order valence-corrected chi connectivity index (χ1v) is 32.3. The summed E-state index contributed by atoms with van der Waals surface area (Å²) in [6.45, 7) is 18.9. The summed E-state index contributed by atoms with van der Waals surface area (Å²) < 4.78 is 9.99. The quantitative estimate of drug-likeness (QED) is 0.144. The predicted octanol–water partition coefficient (Wildman–Crippen LogP) is 22.9. The average molecular weight is 1170 g/mol. The maximum absolute atomic E-state index is 5.00. The van der Waals surface area contributed by atoms with Crippen LogP contribution < -0.4 is 9.80 Å². The molecule has 0 bridgehead atoms. The largest absolute Gasteiger partial charge is 0.310 e. The van der Waals surface area contributed by atoms with Crippen molar-refractivity contribution in [2.45, 2.75) is 77.0 Å². The lowest BCUT2D eigenvalue weighted by Gasteiger charge is -2.30. The van der Waals surface area contributed by atoms with Crippen LogP contribution in [0.2, 0.25) is 0 Å². The van der Waals surface area contributed by atoms with Gasteiger partial charge in [-0.3, -0.25) is 0 Å². The van der Waals surface area contributed by atoms with Gasteiger partial charge in [-0.2, -0.15) is 8.75 Å². The summed E-state index contributed by atoms with van der Waals surface area (Å²) in [6, 6.07) is 91.3. The second-order valence-electron chi connectivity index (χ2n) is 26.7. The van der Waals surface area contributed by atoms with Gasteiger partial charge < -0.3 is 9.80 Å². The molecule has 0 aliphatic heterocycles. The molecule has 424 valence electrons. The van der Waals surface area contributed by atoms with Gasteiger partial charge >= 0.3 is 0 Å². The van der Waals surface area contributed by atoms with Crippen molar-refractivity contribution in [3.8, 4) is 76.5 Å². The molecule has 2 heterocycles. The molecule has 11 aromatic carbocycles. The zero-order valence-electron chi connectivity index (χ0n) is 50.7. The topological polar surface area (TPSA) is 32.3 Å². The van der Waals surface area contributed by atoms with Gasteiger partial charge in [-0.25, -0.2) is 0 Å². The van der Waals surface area contributed by atoms with E-state index in [0.717, 1.165) is 61.8 Å². The highest BCUT2D eigenvalue weighted by Crippen LogP contribution is 2.56. The van der Waals surface area contributed by atoms with Crippen LogP contribution in [0.5, 0.6) is 0 Å². The number of benzene rings is 11. The first-order valence-electron chi connectivity index (χ1n) is 30.8. The molecule has 0 atom stereocenters. The summed E-state index contributed by atoms with van der Waals surface area (Å²) in [5, 5.41) is 0. The van der Waals surface area contributed by atoms with Crippen molar-refractivity contribution in [2.75, 3.05) is 9.80 Å². The minimum Gasteiger partial charge on any atom is -0.310 e. The van der Waals surface area contributed by atoms with Crippen LogP contribution in [0.3, 0.4) is 0 Å². The van der Waals surface area contributed by atoms with Crippen molar-refractivity contribution in [2.24, 2.45) is 0 Å². The first-order chi connectivity index (χ1) is 42.6. The van der Waals surface area contributed by atoms with E-state index in [0.29, 0.717) is 0 Å². The van der Waals surface area contributed by atoms with Crippen LogP contribution in [-0.4, -0.2) is 8.75 Å². The Balaban J connectivity index is 0.696. The zero-order valence-corrected chi connectivity index (χ0v) is 52.3. The van der Waals surface area contributed by atoms with E-state index in [2.05, 4.69) is 308 Å². The van der Waals surface area contributed by atoms with Gasteiger partial charge in [0, 0.05) is 76.7 Å². The molecule has 2 aromatic heterocycles. The molecule has 0 saturated carbocycles. The molecule has 17 rings (SSSR count). The van der Waals surface area contributed by atoms with Crippen molar-refractivity contribution in [1.29, 1.82) is 0 Å². The third-order valence-electron chi connectivity index (χ3n) is 20.4. The molecule has 4 aliphatic carbocycles. The summed E-state index contributed by atoms with van der Waals surface area (Å²) >= 11 is 3.09. The maximum atomic E-state index is 5.00. The Labute approximate surface area is 524 Å². The van der Waals surface area contributed by atoms with Crippen molar-refractivity contribution < 1.29 is 0 Å². The number of nitrogens with zero attached hydrogens (tertiary/aromatic N) is 4. The Hall–Kier alpha value is -9.46. The highest BCUT2D eigenvalue weighted by Gasteiger charge is 2.40. The molecule has 4 aliphatic rings. The molecule has 0 unspecified atom stereocenters. The number of hydrogen-bond acceptors (Lipinski definition) is 6. The van der Waals surface area contributed by atoms with Crippen molar-refractivity contribution in [1.82, 2.24) is 8.75 Å². The van der Waals surface area contributed by atoms with E-state index >= 15 is 0 Å². The van der Waals surface area contributed by atoms with Gasteiger partial charge in [0.1, 0.15) is 11.0 Å². The molecule has 0 saturated heterocycles. The van der Waals surface area contributed by atoms with Gasteiger partial charge in [-0.15, -0.1) is 11.3 Å². The van der Waals surface area contributed by atoms with Crippen LogP contribution in [0.15, 0.2) is 243 Å². The smallest absolute Gasteiger partial charge is 0.114 e. The number of anilines is 6. The third kappa shape index (κ3) is 7.68. The molecule has 0 spiro atoms. The van der Waals surface area contributed by atoms with E-state index in [1.807, 2.05) is 0 Å². The highest BCUT2D eigenvalue weighted by atomic mass is 32.1. The van der Waals surface area contributed by atoms with E-state index in [1.165, 1.54) is 116 Å². The summed E-state index contributed by atoms with van der Waals surface area (Å²) in [6.07, 6.45) is 0. The summed E-state index contributed by atoms with van der Waals surface area (Å²) in [5.41, 5.74) is 34.1. The monoisotopic (exact) mass is 1170 g/mol. The van der Waals surface area contributed by atoms with Gasteiger partial charge in [0.15, 0.2) is 0 Å². The van der Waals surface area contributed by atoms with E-state index in [4.69, 9.17) is 8.75 Å². The van der Waals surface area contributed by atoms with Crippen LogP contribution in [-0.2, 0) is 21.7 Å². The molecule has 0 radical (unpaired) electrons. The Kier molecular flexibility index (Phi) is 11.4. The standard InChI is InChI=1S/C82H64N4S2/c1-79(2)67-21-13-9-17-58(67)62-37-33-53(45-71(62)79)85(54-34-38-63-59-18-10-14-22-68(59)80(3,4)72(63)46-54)51-29-25-49(26-30-51)57-41-42-66(78-77(57)83-88-84-78)76-44-43-75(87-76)50-27-31-52(32-28-50)86(55-35-39-64-60-19-11-15-23-69(60)81(5,6)73(64)47-55)56-36-40-65-61-20-12-16-24-70(61)82(7,8)74(65)48-56/h9-48H,1-8H3. The molecule has 0 N–H and O–H groups in total. The summed E-state index contributed by atoms with van der Waals surface area (Å²) in [7, 11) is 0. The molecule has 6 heteroatoms. The van der Waals surface area contributed by atoms with Gasteiger partial charge in [0.05, 0.1) is 11.7 Å². The SMILES string of the molecule is CC1(C)c2ccccc2-c2ccc(N(c3ccc(-c4ccc(-c5ccc(-c6ccc(N(c7ccc8c(c7)C(C)(C)c7ccccc7-8)c7ccc8c(c7)C(C)(C)c7ccccc7-8)cc6)c6nsnc56)s4)cc3)c3ccc4c(c3)C(C)(C)c3ccccc3-4)cc21. The number of thiophene rings is 1. The normalized spacial score (nSPS) is 15.2. The van der Waals surface area contributed by atoms with E-state index in [1.54, 1.807) is 11.3 Å². The van der Waals surface area contributed by atoms with Crippen LogP contribution in [0.4, 0.5) is 34.1 Å². The second-order valence-corrected chi connectivity index (χ2v) is 28.3. The van der Waals surface area contributed by atoms with Gasteiger partial charge in [-0.05, 0) is 185 Å². The molecular weight excluding hydrogens is 1110 g/mol. The van der Waals surface area contributed by atoms with E-state index < -0.39 is 0 Å². The number of aromatic nitrogens is 2. The number of fused-ring (bicyclic) bond motifs is 13. The van der Waals surface area contributed by atoms with Crippen LogP contribution in [0.1, 0.15) is 99.9 Å². The third-order valence-corrected chi connectivity index (χ3v) is 22.1. The minimum absolute atomic E-state index is 0.128. The fourth-order valence-electron chi connectivity index (χ4n) is 15.7. The lowest BCUT2D eigenvalue weighted by atomic mass is 9.82. The first kappa shape index (κ1) is 52.8. The van der Waals surface area contributed by atoms with E-state index in [-0.39, 0.29) is 21.7 Å². The fourth-order valence-corrected chi connectivity index (χ4v) is 17.3. The van der Waals surface area contributed by atoms with Crippen molar-refractivity contribution in [3.05, 3.63) is 287 Å². The molecule has 0 fully saturated rings. The van der Waals surface area contributed by atoms with Crippen LogP contribution in [0, 0.1) is 0 Å².